The van der Waals surface area contributed by atoms with Crippen LogP contribution < -0.4 is 4.74 Å². The molecule has 1 aromatic carbocycles. The van der Waals surface area contributed by atoms with Gasteiger partial charge in [-0.15, -0.1) is 0 Å². The molecule has 0 amide bonds. The molecule has 0 saturated heterocycles. The number of ether oxygens (including phenoxy) is 2. The highest BCUT2D eigenvalue weighted by atomic mass is 16.6. The number of hydrogen-bond donors (Lipinski definition) is 0. The fraction of sp³-hybridized carbons (Fsp3) is 0.619. The van der Waals surface area contributed by atoms with Crippen LogP contribution in [-0.4, -0.2) is 19.0 Å². The second-order valence-corrected chi connectivity index (χ2v) is 9.15. The molecule has 1 fully saturated rings. The van der Waals surface area contributed by atoms with Crippen molar-refractivity contribution in [1.29, 1.82) is 0 Å². The maximum Gasteiger partial charge on any atom is 0.328 e. The predicted octanol–water partition coefficient (Wildman–Crippen LogP) is 4.45. The zero-order valence-electron chi connectivity index (χ0n) is 16.7. The van der Waals surface area contributed by atoms with Crippen LogP contribution in [0.3, 0.4) is 0 Å². The summed E-state index contributed by atoms with van der Waals surface area (Å²) < 4.78 is 10.7. The van der Waals surface area contributed by atoms with Crippen LogP contribution in [0.1, 0.15) is 71.1 Å². The summed E-state index contributed by atoms with van der Waals surface area (Å²) in [7, 11) is 1.31. The van der Waals surface area contributed by atoms with Crippen LogP contribution in [-0.2, 0) is 25.2 Å². The minimum Gasteiger partial charge on any atom is -0.468 e. The molecule has 4 nitrogen and oxygen atoms in total. The fourth-order valence-corrected chi connectivity index (χ4v) is 3.00. The molecule has 0 heterocycles. The Balaban J connectivity index is 2.56. The maximum absolute atomic E-state index is 12.8. The maximum atomic E-state index is 12.8. The Morgan fingerprint density at radius 3 is 1.68 bits per heavy atom. The first-order valence-electron chi connectivity index (χ1n) is 8.79. The summed E-state index contributed by atoms with van der Waals surface area (Å²) in [5.74, 6) is -0.413. The molecular formula is C21H30O4. The Bertz CT molecular complexity index is 663. The lowest BCUT2D eigenvalue weighted by molar-refractivity contribution is -0.157. The SMILES string of the molecule is COC(=O)C1(C(=O)Oc2c(C(C)(C)C)cc(C)cc2C(C)(C)C)CC1. The number of aryl methyl sites for hydroxylation is 1. The Kier molecular flexibility index (Phi) is 4.79. The molecule has 2 rings (SSSR count). The average molecular weight is 346 g/mol. The van der Waals surface area contributed by atoms with Crippen LogP contribution in [0.4, 0.5) is 0 Å². The normalized spacial score (nSPS) is 16.3. The molecule has 1 aliphatic carbocycles. The Morgan fingerprint density at radius 2 is 1.36 bits per heavy atom. The molecule has 0 radical (unpaired) electrons. The van der Waals surface area contributed by atoms with Gasteiger partial charge < -0.3 is 9.47 Å². The number of carbonyl (C=O) groups excluding carboxylic acids is 2. The van der Waals surface area contributed by atoms with Crippen molar-refractivity contribution in [1.82, 2.24) is 0 Å². The van der Waals surface area contributed by atoms with E-state index < -0.39 is 17.4 Å². The van der Waals surface area contributed by atoms with Gasteiger partial charge >= 0.3 is 11.9 Å². The fourth-order valence-electron chi connectivity index (χ4n) is 3.00. The topological polar surface area (TPSA) is 52.6 Å². The highest BCUT2D eigenvalue weighted by Crippen LogP contribution is 2.49. The minimum atomic E-state index is -1.12. The molecule has 4 heteroatoms. The summed E-state index contributed by atoms with van der Waals surface area (Å²) in [6.07, 6.45) is 0.972. The summed E-state index contributed by atoms with van der Waals surface area (Å²) >= 11 is 0. The highest BCUT2D eigenvalue weighted by molar-refractivity contribution is 6.04. The number of benzene rings is 1. The third-order valence-electron chi connectivity index (χ3n) is 4.76. The van der Waals surface area contributed by atoms with E-state index in [1.807, 2.05) is 6.92 Å². The van der Waals surface area contributed by atoms with Crippen LogP contribution >= 0.6 is 0 Å². The second kappa shape index (κ2) is 6.15. The van der Waals surface area contributed by atoms with E-state index in [0.29, 0.717) is 18.6 Å². The van der Waals surface area contributed by atoms with Gasteiger partial charge in [-0.2, -0.15) is 0 Å². The van der Waals surface area contributed by atoms with Crippen LogP contribution in [0, 0.1) is 12.3 Å². The summed E-state index contributed by atoms with van der Waals surface area (Å²) in [5, 5.41) is 0. The quantitative estimate of drug-likeness (QED) is 0.461. The molecule has 0 bridgehead atoms. The Morgan fingerprint density at radius 1 is 0.920 bits per heavy atom. The second-order valence-electron chi connectivity index (χ2n) is 9.15. The first-order valence-corrected chi connectivity index (χ1v) is 8.79. The van der Waals surface area contributed by atoms with Crippen molar-refractivity contribution in [3.8, 4) is 5.75 Å². The number of carbonyl (C=O) groups is 2. The van der Waals surface area contributed by atoms with Crippen molar-refractivity contribution in [2.24, 2.45) is 5.41 Å². The molecule has 138 valence electrons. The molecule has 0 unspecified atom stereocenters. The van der Waals surface area contributed by atoms with E-state index in [2.05, 4.69) is 53.7 Å². The highest BCUT2D eigenvalue weighted by Gasteiger charge is 2.59. The molecule has 1 aromatic rings. The molecule has 1 saturated carbocycles. The zero-order chi connectivity index (χ0) is 19.2. The smallest absolute Gasteiger partial charge is 0.328 e. The standard InChI is InChI=1S/C21H30O4/c1-13-11-14(19(2,3)4)16(15(12-13)20(5,6)7)25-18(23)21(9-10-21)17(22)24-8/h11-12H,9-10H2,1-8H3. The van der Waals surface area contributed by atoms with Gasteiger partial charge in [-0.3, -0.25) is 9.59 Å². The number of hydrogen-bond acceptors (Lipinski definition) is 4. The van der Waals surface area contributed by atoms with Crippen LogP contribution in [0.15, 0.2) is 12.1 Å². The lowest BCUT2D eigenvalue weighted by Crippen LogP contribution is -2.32. The van der Waals surface area contributed by atoms with Gasteiger partial charge in [-0.1, -0.05) is 59.2 Å². The van der Waals surface area contributed by atoms with E-state index >= 15 is 0 Å². The van der Waals surface area contributed by atoms with Crippen LogP contribution in [0.2, 0.25) is 0 Å². The molecule has 0 N–H and O–H groups in total. The van der Waals surface area contributed by atoms with Gasteiger partial charge in [0.15, 0.2) is 5.41 Å². The molecule has 1 aliphatic rings. The Labute approximate surface area is 150 Å². The van der Waals surface area contributed by atoms with Crippen molar-refractivity contribution < 1.29 is 19.1 Å². The lowest BCUT2D eigenvalue weighted by Gasteiger charge is -2.30. The molecule has 0 aromatic heterocycles. The summed E-state index contributed by atoms with van der Waals surface area (Å²) in [5.41, 5.74) is 1.58. The first-order chi connectivity index (χ1) is 11.3. The first kappa shape index (κ1) is 19.5. The van der Waals surface area contributed by atoms with Crippen molar-refractivity contribution in [3.05, 3.63) is 28.8 Å². The van der Waals surface area contributed by atoms with Gasteiger partial charge in [-0.25, -0.2) is 0 Å². The predicted molar refractivity (Wildman–Crippen MR) is 97.9 cm³/mol. The third-order valence-corrected chi connectivity index (χ3v) is 4.76. The van der Waals surface area contributed by atoms with Crippen LogP contribution in [0.25, 0.3) is 0 Å². The van der Waals surface area contributed by atoms with Gasteiger partial charge in [0.2, 0.25) is 0 Å². The van der Waals surface area contributed by atoms with Crippen molar-refractivity contribution in [3.63, 3.8) is 0 Å². The average Bonchev–Trinajstić information content (AvgIpc) is 3.27. The monoisotopic (exact) mass is 346 g/mol. The van der Waals surface area contributed by atoms with E-state index in [-0.39, 0.29) is 10.8 Å². The van der Waals surface area contributed by atoms with E-state index in [9.17, 15) is 9.59 Å². The molecular weight excluding hydrogens is 316 g/mol. The van der Waals surface area contributed by atoms with Gasteiger partial charge in [0.05, 0.1) is 7.11 Å². The molecule has 0 aliphatic heterocycles. The van der Waals surface area contributed by atoms with Gasteiger partial charge in [0, 0.05) is 11.1 Å². The van der Waals surface area contributed by atoms with E-state index in [0.717, 1.165) is 16.7 Å². The van der Waals surface area contributed by atoms with E-state index in [1.165, 1.54) is 7.11 Å². The Hall–Kier alpha value is -1.84. The van der Waals surface area contributed by atoms with Gasteiger partial charge in [0.1, 0.15) is 5.75 Å². The summed E-state index contributed by atoms with van der Waals surface area (Å²) in [6, 6.07) is 4.13. The van der Waals surface area contributed by atoms with E-state index in [4.69, 9.17) is 9.47 Å². The number of rotatable bonds is 3. The van der Waals surface area contributed by atoms with Crippen molar-refractivity contribution in [2.75, 3.05) is 7.11 Å². The molecule has 0 atom stereocenters. The number of methoxy groups -OCH3 is 1. The van der Waals surface area contributed by atoms with Crippen molar-refractivity contribution >= 4 is 11.9 Å². The van der Waals surface area contributed by atoms with Crippen LogP contribution in [0.5, 0.6) is 5.75 Å². The molecule has 0 spiro atoms. The summed E-state index contributed by atoms with van der Waals surface area (Å²) in [6.45, 7) is 14.6. The molecule has 25 heavy (non-hydrogen) atoms. The van der Waals surface area contributed by atoms with Gasteiger partial charge in [0.25, 0.3) is 0 Å². The van der Waals surface area contributed by atoms with Crippen molar-refractivity contribution in [2.45, 2.75) is 72.1 Å². The third kappa shape index (κ3) is 3.73. The lowest BCUT2D eigenvalue weighted by atomic mass is 9.78. The van der Waals surface area contributed by atoms with Gasteiger partial charge in [-0.05, 0) is 30.6 Å². The largest absolute Gasteiger partial charge is 0.468 e. The minimum absolute atomic E-state index is 0.191. The summed E-state index contributed by atoms with van der Waals surface area (Å²) in [4.78, 5) is 24.8. The number of esters is 2. The van der Waals surface area contributed by atoms with E-state index in [1.54, 1.807) is 0 Å². The zero-order valence-corrected chi connectivity index (χ0v) is 16.7.